The molecule has 2 aliphatic rings. The third-order valence-electron chi connectivity index (χ3n) is 7.19. The number of halogens is 3. The minimum atomic E-state index is -4.54. The zero-order valence-corrected chi connectivity index (χ0v) is 22.3. The molecule has 2 aliphatic heterocycles. The van der Waals surface area contributed by atoms with E-state index in [-0.39, 0.29) is 24.5 Å². The highest BCUT2D eigenvalue weighted by Gasteiger charge is 2.35. The SMILES string of the molecule is Cc1cc(C(F)(F)F)nn1CC(=O)N1CCC(c2nc(C3=NOC(c4ccccc4-n4cncn4)C3)cs2)CC1. The number of hydrogen-bond acceptors (Lipinski definition) is 8. The standard InChI is InChI=1S/C26H25F3N8O2S/c1-16-10-23(26(27,28)29)33-36(16)12-24(38)35-8-6-17(7-9-35)25-32-20(13-40-25)19-11-22(39-34-19)18-4-2-3-5-21(18)37-15-30-14-31-37/h2-5,10,13-15,17,22H,6-9,11-12H2,1H3. The van der Waals surface area contributed by atoms with Crippen LogP contribution < -0.4 is 0 Å². The molecule has 5 heterocycles. The predicted molar refractivity (Wildman–Crippen MR) is 139 cm³/mol. The van der Waals surface area contributed by atoms with E-state index in [2.05, 4.69) is 20.3 Å². The summed E-state index contributed by atoms with van der Waals surface area (Å²) in [4.78, 5) is 29.1. The lowest BCUT2D eigenvalue weighted by Crippen LogP contribution is -2.40. The number of piperidine rings is 1. The molecule has 0 radical (unpaired) electrons. The van der Waals surface area contributed by atoms with Gasteiger partial charge in [-0.25, -0.2) is 14.6 Å². The molecule has 0 spiro atoms. The first kappa shape index (κ1) is 26.2. The van der Waals surface area contributed by atoms with Crippen LogP contribution >= 0.6 is 11.3 Å². The zero-order chi connectivity index (χ0) is 27.9. The summed E-state index contributed by atoms with van der Waals surface area (Å²) in [5.74, 6) is -0.0503. The lowest BCUT2D eigenvalue weighted by atomic mass is 9.97. The van der Waals surface area contributed by atoms with Crippen LogP contribution in [0.4, 0.5) is 13.2 Å². The molecule has 0 aliphatic carbocycles. The van der Waals surface area contributed by atoms with Crippen LogP contribution in [0.3, 0.4) is 0 Å². The second kappa shape index (κ2) is 10.5. The number of carbonyl (C=O) groups is 1. The molecule has 14 heteroatoms. The Morgan fingerprint density at radius 2 is 2.00 bits per heavy atom. The van der Waals surface area contributed by atoms with Gasteiger partial charge in [0, 0.05) is 42.1 Å². The third kappa shape index (κ3) is 5.22. The summed E-state index contributed by atoms with van der Waals surface area (Å²) in [7, 11) is 0. The molecule has 0 saturated carbocycles. The minimum absolute atomic E-state index is 0.192. The van der Waals surface area contributed by atoms with E-state index in [0.717, 1.165) is 51.3 Å². The molecule has 1 fully saturated rings. The van der Waals surface area contributed by atoms with Gasteiger partial charge in [0.2, 0.25) is 5.91 Å². The molecular formula is C26H25F3N8O2S. The highest BCUT2D eigenvalue weighted by atomic mass is 32.1. The molecule has 1 atom stereocenters. The minimum Gasteiger partial charge on any atom is -0.387 e. The number of para-hydroxylation sites is 1. The Labute approximate surface area is 231 Å². The normalized spacial score (nSPS) is 18.1. The maximum Gasteiger partial charge on any atom is 0.435 e. The van der Waals surface area contributed by atoms with Crippen molar-refractivity contribution in [2.75, 3.05) is 13.1 Å². The number of aryl methyl sites for hydroxylation is 1. The third-order valence-corrected chi connectivity index (χ3v) is 8.20. The van der Waals surface area contributed by atoms with Crippen molar-refractivity contribution in [3.63, 3.8) is 0 Å². The first-order valence-electron chi connectivity index (χ1n) is 12.8. The van der Waals surface area contributed by atoms with Crippen molar-refractivity contribution >= 4 is 23.0 Å². The Balaban J connectivity index is 1.05. The number of alkyl halides is 3. The van der Waals surface area contributed by atoms with E-state index in [9.17, 15) is 18.0 Å². The summed E-state index contributed by atoms with van der Waals surface area (Å²) < 4.78 is 41.7. The van der Waals surface area contributed by atoms with E-state index in [4.69, 9.17) is 9.82 Å². The lowest BCUT2D eigenvalue weighted by Gasteiger charge is -2.31. The summed E-state index contributed by atoms with van der Waals surface area (Å²) in [5, 5.41) is 15.1. The molecular weight excluding hydrogens is 545 g/mol. The largest absolute Gasteiger partial charge is 0.435 e. The van der Waals surface area contributed by atoms with Gasteiger partial charge in [-0.15, -0.1) is 11.3 Å². The summed E-state index contributed by atoms with van der Waals surface area (Å²) in [5.41, 5.74) is 2.72. The molecule has 6 rings (SSSR count). The number of aromatic nitrogens is 6. The van der Waals surface area contributed by atoms with Crippen molar-refractivity contribution in [1.29, 1.82) is 0 Å². The van der Waals surface area contributed by atoms with Crippen LogP contribution in [0.1, 0.15) is 58.9 Å². The van der Waals surface area contributed by atoms with E-state index >= 15 is 0 Å². The fourth-order valence-electron chi connectivity index (χ4n) is 5.02. The fourth-order valence-corrected chi connectivity index (χ4v) is 6.02. The maximum absolute atomic E-state index is 12.9. The van der Waals surface area contributed by atoms with Gasteiger partial charge in [0.1, 0.15) is 24.9 Å². The predicted octanol–water partition coefficient (Wildman–Crippen LogP) is 4.52. The van der Waals surface area contributed by atoms with Gasteiger partial charge in [-0.1, -0.05) is 23.4 Å². The first-order valence-corrected chi connectivity index (χ1v) is 13.7. The Hall–Kier alpha value is -4.07. The van der Waals surface area contributed by atoms with Gasteiger partial charge in [0.25, 0.3) is 0 Å². The number of likely N-dealkylation sites (tertiary alicyclic amines) is 1. The van der Waals surface area contributed by atoms with Gasteiger partial charge in [-0.05, 0) is 31.9 Å². The molecule has 1 amide bonds. The van der Waals surface area contributed by atoms with Crippen molar-refractivity contribution in [1.82, 2.24) is 34.4 Å². The van der Waals surface area contributed by atoms with Crippen LogP contribution in [0.2, 0.25) is 0 Å². The van der Waals surface area contributed by atoms with Crippen molar-refractivity contribution in [3.05, 3.63) is 76.0 Å². The number of amides is 1. The average Bonchev–Trinajstić information content (AvgIpc) is 3.76. The van der Waals surface area contributed by atoms with Crippen LogP contribution in [0.15, 0.2) is 53.5 Å². The molecule has 40 heavy (non-hydrogen) atoms. The van der Waals surface area contributed by atoms with Crippen LogP contribution in [0.25, 0.3) is 5.69 Å². The Morgan fingerprint density at radius 1 is 1.20 bits per heavy atom. The molecule has 0 N–H and O–H groups in total. The van der Waals surface area contributed by atoms with Gasteiger partial charge >= 0.3 is 6.18 Å². The number of rotatable bonds is 6. The Kier molecular flexibility index (Phi) is 6.86. The smallest absolute Gasteiger partial charge is 0.387 e. The molecule has 1 saturated heterocycles. The topological polar surface area (TPSA) is 103 Å². The van der Waals surface area contributed by atoms with Gasteiger partial charge in [0.15, 0.2) is 11.8 Å². The van der Waals surface area contributed by atoms with Crippen molar-refractivity contribution in [3.8, 4) is 5.69 Å². The second-order valence-electron chi connectivity index (χ2n) is 9.79. The number of carbonyl (C=O) groups excluding carboxylic acids is 1. The van der Waals surface area contributed by atoms with E-state index in [1.165, 1.54) is 13.3 Å². The number of nitrogens with zero attached hydrogens (tertiary/aromatic N) is 8. The van der Waals surface area contributed by atoms with Gasteiger partial charge in [0.05, 0.1) is 16.4 Å². The van der Waals surface area contributed by atoms with Crippen LogP contribution in [0.5, 0.6) is 0 Å². The van der Waals surface area contributed by atoms with Crippen molar-refractivity contribution < 1.29 is 22.8 Å². The maximum atomic E-state index is 12.9. The Morgan fingerprint density at radius 3 is 2.73 bits per heavy atom. The molecule has 0 bridgehead atoms. The zero-order valence-electron chi connectivity index (χ0n) is 21.5. The van der Waals surface area contributed by atoms with E-state index in [1.54, 1.807) is 27.2 Å². The molecule has 1 aromatic carbocycles. The lowest BCUT2D eigenvalue weighted by molar-refractivity contribution is -0.142. The van der Waals surface area contributed by atoms with E-state index in [1.807, 2.05) is 29.6 Å². The van der Waals surface area contributed by atoms with Crippen LogP contribution in [-0.4, -0.2) is 59.1 Å². The van der Waals surface area contributed by atoms with E-state index < -0.39 is 11.9 Å². The molecule has 208 valence electrons. The molecule has 1 unspecified atom stereocenters. The van der Waals surface area contributed by atoms with Crippen LogP contribution in [0, 0.1) is 6.92 Å². The monoisotopic (exact) mass is 570 g/mol. The van der Waals surface area contributed by atoms with Crippen molar-refractivity contribution in [2.45, 2.75) is 50.9 Å². The second-order valence-corrected chi connectivity index (χ2v) is 10.7. The number of thiazole rings is 1. The fraction of sp³-hybridized carbons (Fsp3) is 0.385. The summed E-state index contributed by atoms with van der Waals surface area (Å²) >= 11 is 1.57. The highest BCUT2D eigenvalue weighted by Crippen LogP contribution is 2.35. The summed E-state index contributed by atoms with van der Waals surface area (Å²) in [6, 6.07) is 8.79. The number of benzene rings is 1. The number of hydrogen-bond donors (Lipinski definition) is 0. The van der Waals surface area contributed by atoms with Crippen molar-refractivity contribution in [2.24, 2.45) is 5.16 Å². The van der Waals surface area contributed by atoms with Gasteiger partial charge < -0.3 is 9.74 Å². The van der Waals surface area contributed by atoms with Gasteiger partial charge in [-0.3, -0.25) is 9.48 Å². The Bertz CT molecular complexity index is 1540. The van der Waals surface area contributed by atoms with Gasteiger partial charge in [-0.2, -0.15) is 23.4 Å². The molecule has 10 nitrogen and oxygen atoms in total. The molecule has 4 aromatic rings. The summed E-state index contributed by atoms with van der Waals surface area (Å²) in [6.45, 7) is 2.32. The first-order chi connectivity index (χ1) is 19.3. The highest BCUT2D eigenvalue weighted by molar-refractivity contribution is 7.10. The summed E-state index contributed by atoms with van der Waals surface area (Å²) in [6.07, 6.45) is 0.347. The average molecular weight is 571 g/mol. The molecule has 3 aromatic heterocycles. The quantitative estimate of drug-likeness (QED) is 0.338. The van der Waals surface area contributed by atoms with Crippen LogP contribution in [-0.2, 0) is 22.4 Å². The number of oxime groups is 1. The van der Waals surface area contributed by atoms with E-state index in [0.29, 0.717) is 25.2 Å².